The van der Waals surface area contributed by atoms with Crippen LogP contribution in [0.5, 0.6) is 5.75 Å². The van der Waals surface area contributed by atoms with E-state index in [9.17, 15) is 0 Å². The van der Waals surface area contributed by atoms with Gasteiger partial charge in [-0.2, -0.15) is 0 Å². The van der Waals surface area contributed by atoms with Gasteiger partial charge < -0.3 is 14.5 Å². The third-order valence-corrected chi connectivity index (χ3v) is 10.2. The van der Waals surface area contributed by atoms with Gasteiger partial charge in [0, 0.05) is 21.3 Å². The van der Waals surface area contributed by atoms with Crippen molar-refractivity contribution in [2.45, 2.75) is 19.3 Å². The van der Waals surface area contributed by atoms with E-state index in [-0.39, 0.29) is 5.41 Å². The molecule has 0 spiro atoms. The van der Waals surface area contributed by atoms with Crippen molar-refractivity contribution >= 4 is 71.4 Å². The molecule has 0 fully saturated rings. The van der Waals surface area contributed by atoms with Gasteiger partial charge in [-0.1, -0.05) is 60.1 Å². The Hall–Kier alpha value is -3.84. The molecular formula is C36H29BrN2OS2. The summed E-state index contributed by atoms with van der Waals surface area (Å²) in [6.07, 6.45) is 0. The Bertz CT molecular complexity index is 1860. The lowest BCUT2D eigenvalue weighted by atomic mass is 9.82. The van der Waals surface area contributed by atoms with Gasteiger partial charge in [-0.15, -0.1) is 22.7 Å². The van der Waals surface area contributed by atoms with E-state index >= 15 is 0 Å². The molecule has 0 saturated heterocycles. The number of hydrogen-bond acceptors (Lipinski definition) is 5. The molecule has 6 heteroatoms. The smallest absolute Gasteiger partial charge is 0.119 e. The molecule has 1 aliphatic rings. The predicted molar refractivity (Wildman–Crippen MR) is 183 cm³/mol. The number of nitrogens with zero attached hydrogens (tertiary/aromatic N) is 2. The predicted octanol–water partition coefficient (Wildman–Crippen LogP) is 11.8. The Labute approximate surface area is 263 Å². The van der Waals surface area contributed by atoms with Crippen molar-refractivity contribution in [3.05, 3.63) is 136 Å². The van der Waals surface area contributed by atoms with Crippen LogP contribution in [0, 0.1) is 0 Å². The zero-order chi connectivity index (χ0) is 28.8. The molecule has 0 bridgehead atoms. The van der Waals surface area contributed by atoms with Crippen LogP contribution in [0.2, 0.25) is 0 Å². The second-order valence-electron chi connectivity index (χ2n) is 10.8. The first kappa shape index (κ1) is 27.0. The molecule has 3 nitrogen and oxygen atoms in total. The van der Waals surface area contributed by atoms with Crippen molar-refractivity contribution in [2.75, 3.05) is 16.9 Å². The highest BCUT2D eigenvalue weighted by Crippen LogP contribution is 2.51. The quantitative estimate of drug-likeness (QED) is 0.171. The van der Waals surface area contributed by atoms with Crippen LogP contribution >= 0.6 is 38.6 Å². The van der Waals surface area contributed by atoms with Gasteiger partial charge in [0.15, 0.2) is 0 Å². The van der Waals surface area contributed by atoms with Crippen molar-refractivity contribution < 1.29 is 4.74 Å². The lowest BCUT2D eigenvalue weighted by molar-refractivity contribution is 0.415. The minimum absolute atomic E-state index is 0.0736. The Morgan fingerprint density at radius 2 is 1.19 bits per heavy atom. The number of benzene rings is 4. The van der Waals surface area contributed by atoms with Gasteiger partial charge in [-0.25, -0.2) is 0 Å². The number of methoxy groups -OCH3 is 1. The maximum absolute atomic E-state index is 5.44. The molecule has 0 N–H and O–H groups in total. The molecule has 4 aromatic carbocycles. The summed E-state index contributed by atoms with van der Waals surface area (Å²) in [6.45, 7) is 4.67. The molecule has 0 aliphatic heterocycles. The van der Waals surface area contributed by atoms with E-state index in [1.54, 1.807) is 29.8 Å². The zero-order valence-electron chi connectivity index (χ0n) is 23.5. The van der Waals surface area contributed by atoms with Gasteiger partial charge in [0.25, 0.3) is 0 Å². The molecule has 0 amide bonds. The topological polar surface area (TPSA) is 15.7 Å². The van der Waals surface area contributed by atoms with E-state index in [1.807, 2.05) is 12.1 Å². The summed E-state index contributed by atoms with van der Waals surface area (Å²) in [7, 11) is 1.70. The van der Waals surface area contributed by atoms with Crippen LogP contribution < -0.4 is 14.5 Å². The lowest BCUT2D eigenvalue weighted by Gasteiger charge is -2.29. The maximum atomic E-state index is 5.44. The highest BCUT2D eigenvalue weighted by Gasteiger charge is 2.35. The number of anilines is 6. The van der Waals surface area contributed by atoms with Crippen molar-refractivity contribution in [3.8, 4) is 16.9 Å². The summed E-state index contributed by atoms with van der Waals surface area (Å²) in [6, 6.07) is 39.2. The second-order valence-corrected chi connectivity index (χ2v) is 13.6. The third kappa shape index (κ3) is 4.64. The summed E-state index contributed by atoms with van der Waals surface area (Å²) in [4.78, 5) is 4.67. The molecule has 7 rings (SSSR count). The minimum atomic E-state index is -0.0736. The van der Waals surface area contributed by atoms with Crippen LogP contribution in [-0.2, 0) is 5.41 Å². The summed E-state index contributed by atoms with van der Waals surface area (Å²) < 4.78 is 6.46. The van der Waals surface area contributed by atoms with Crippen molar-refractivity contribution in [3.63, 3.8) is 0 Å². The van der Waals surface area contributed by atoms with Crippen LogP contribution in [-0.4, -0.2) is 7.11 Å². The van der Waals surface area contributed by atoms with Crippen LogP contribution in [0.3, 0.4) is 0 Å². The summed E-state index contributed by atoms with van der Waals surface area (Å²) >= 11 is 7.33. The van der Waals surface area contributed by atoms with Crippen LogP contribution in [0.4, 0.5) is 32.8 Å². The van der Waals surface area contributed by atoms with Crippen LogP contribution in [0.1, 0.15) is 25.0 Å². The van der Waals surface area contributed by atoms with Gasteiger partial charge in [0.2, 0.25) is 0 Å². The summed E-state index contributed by atoms with van der Waals surface area (Å²) in [5.41, 5.74) is 9.71. The largest absolute Gasteiger partial charge is 0.497 e. The van der Waals surface area contributed by atoms with Gasteiger partial charge >= 0.3 is 0 Å². The fourth-order valence-corrected chi connectivity index (χ4v) is 7.99. The molecule has 0 saturated carbocycles. The number of halogens is 1. The molecule has 2 heterocycles. The highest BCUT2D eigenvalue weighted by molar-refractivity contribution is 9.10. The number of rotatable bonds is 7. The molecule has 42 heavy (non-hydrogen) atoms. The molecule has 208 valence electrons. The first-order valence-corrected chi connectivity index (χ1v) is 16.4. The Morgan fingerprint density at radius 3 is 1.81 bits per heavy atom. The van der Waals surface area contributed by atoms with E-state index in [4.69, 9.17) is 4.74 Å². The van der Waals surface area contributed by atoms with Gasteiger partial charge in [0.05, 0.1) is 28.5 Å². The van der Waals surface area contributed by atoms with Crippen molar-refractivity contribution in [1.82, 2.24) is 0 Å². The second kappa shape index (κ2) is 10.8. The first-order valence-electron chi connectivity index (χ1n) is 13.8. The molecular weight excluding hydrogens is 620 g/mol. The van der Waals surface area contributed by atoms with Gasteiger partial charge in [0.1, 0.15) is 5.75 Å². The third-order valence-electron chi connectivity index (χ3n) is 7.99. The number of ether oxygens (including phenoxy) is 1. The van der Waals surface area contributed by atoms with Gasteiger partial charge in [-0.05, 0) is 112 Å². The van der Waals surface area contributed by atoms with E-state index in [1.165, 1.54) is 27.3 Å². The number of hydrogen-bond donors (Lipinski definition) is 0. The average molecular weight is 650 g/mol. The normalized spacial score (nSPS) is 13.0. The fourth-order valence-electron chi connectivity index (χ4n) is 5.98. The standard InChI is InChI=1S/C36H29BrN2OS2/c1-36(2)32-9-5-4-8-30(32)31-17-14-26(23-33(31)36)39(35-11-7-19-42-35)28-21-24(37)20-27(22-28)38(34-10-6-18-41-34)25-12-15-29(40-3)16-13-25/h4-23H,1-3H3. The number of fused-ring (bicyclic) bond motifs is 3. The Balaban J connectivity index is 1.38. The van der Waals surface area contributed by atoms with Gasteiger partial charge in [-0.3, -0.25) is 0 Å². The molecule has 2 aromatic heterocycles. The molecule has 0 radical (unpaired) electrons. The van der Waals surface area contributed by atoms with Crippen LogP contribution in [0.25, 0.3) is 11.1 Å². The lowest BCUT2D eigenvalue weighted by Crippen LogP contribution is -2.16. The summed E-state index contributed by atoms with van der Waals surface area (Å²) in [5.74, 6) is 0.838. The maximum Gasteiger partial charge on any atom is 0.119 e. The first-order chi connectivity index (χ1) is 20.4. The molecule has 0 atom stereocenters. The highest BCUT2D eigenvalue weighted by atomic mass is 79.9. The van der Waals surface area contributed by atoms with Crippen molar-refractivity contribution in [1.29, 1.82) is 0 Å². The zero-order valence-corrected chi connectivity index (χ0v) is 26.8. The average Bonchev–Trinajstić information content (AvgIpc) is 3.76. The molecule has 0 unspecified atom stereocenters. The SMILES string of the molecule is COc1ccc(N(c2cc(Br)cc(N(c3ccc4c(c3)C(C)(C)c3ccccc3-4)c3cccs3)c2)c2cccs2)cc1. The van der Waals surface area contributed by atoms with E-state index in [0.29, 0.717) is 0 Å². The van der Waals surface area contributed by atoms with Crippen molar-refractivity contribution in [2.24, 2.45) is 0 Å². The van der Waals surface area contributed by atoms with E-state index < -0.39 is 0 Å². The number of thiophene rings is 2. The fraction of sp³-hybridized carbons (Fsp3) is 0.111. The van der Waals surface area contributed by atoms with E-state index in [2.05, 4.69) is 147 Å². The minimum Gasteiger partial charge on any atom is -0.497 e. The molecule has 1 aliphatic carbocycles. The Kier molecular flexibility index (Phi) is 6.93. The van der Waals surface area contributed by atoms with Crippen LogP contribution in [0.15, 0.2) is 124 Å². The Morgan fingerprint density at radius 1 is 0.595 bits per heavy atom. The van der Waals surface area contributed by atoms with E-state index in [0.717, 1.165) is 38.0 Å². The summed E-state index contributed by atoms with van der Waals surface area (Å²) in [5, 5.41) is 6.57. The monoisotopic (exact) mass is 648 g/mol. The molecule has 6 aromatic rings.